The van der Waals surface area contributed by atoms with E-state index in [1.807, 2.05) is 12.1 Å². The second-order valence-electron chi connectivity index (χ2n) is 6.12. The Hall–Kier alpha value is -3.35. The van der Waals surface area contributed by atoms with E-state index < -0.39 is 0 Å². The summed E-state index contributed by atoms with van der Waals surface area (Å²) in [6.45, 7) is 3.38. The third-order valence-corrected chi connectivity index (χ3v) is 4.08. The van der Waals surface area contributed by atoms with Crippen molar-refractivity contribution in [2.75, 3.05) is 26.4 Å². The summed E-state index contributed by atoms with van der Waals surface area (Å²) in [6, 6.07) is 10.6. The third-order valence-electron chi connectivity index (χ3n) is 4.08. The molecule has 0 atom stereocenters. The predicted molar refractivity (Wildman–Crippen MR) is 99.6 cm³/mol. The Labute approximate surface area is 162 Å². The monoisotopic (exact) mass is 384 g/mol. The van der Waals surface area contributed by atoms with Crippen LogP contribution in [0.3, 0.4) is 0 Å². The van der Waals surface area contributed by atoms with Crippen molar-refractivity contribution in [2.24, 2.45) is 0 Å². The number of carbonyl (C=O) groups is 3. The minimum Gasteiger partial charge on any atom is -0.490 e. The van der Waals surface area contributed by atoms with Crippen LogP contribution in [0.25, 0.3) is 11.1 Å². The van der Waals surface area contributed by atoms with Crippen molar-refractivity contribution in [3.63, 3.8) is 0 Å². The van der Waals surface area contributed by atoms with Gasteiger partial charge in [0.15, 0.2) is 5.78 Å². The molecule has 0 N–H and O–H groups in total. The Morgan fingerprint density at radius 2 is 1.11 bits per heavy atom. The van der Waals surface area contributed by atoms with Crippen LogP contribution in [0.5, 0.6) is 11.5 Å². The molecule has 7 nitrogen and oxygen atoms in total. The van der Waals surface area contributed by atoms with Crippen molar-refractivity contribution in [3.8, 4) is 22.6 Å². The molecule has 0 bridgehead atoms. The Bertz CT molecular complexity index is 843. The number of ketones is 1. The zero-order chi connectivity index (χ0) is 20.1. The Morgan fingerprint density at radius 3 is 1.50 bits per heavy atom. The molecule has 0 radical (unpaired) electrons. The molecule has 7 heteroatoms. The van der Waals surface area contributed by atoms with Gasteiger partial charge in [0.2, 0.25) is 0 Å². The number of hydrogen-bond donors (Lipinski definition) is 0. The first-order valence-corrected chi connectivity index (χ1v) is 8.81. The predicted octanol–water partition coefficient (Wildman–Crippen LogP) is 2.78. The van der Waals surface area contributed by atoms with Gasteiger partial charge in [0.1, 0.15) is 37.9 Å². The standard InChI is InChI=1S/C21H20O7/c1-13(22)25-7-9-27-15-3-5-17-18-6-4-16(28-10-8-26-14(2)23)12-20(18)21(24)19(17)11-15/h3-6,11-12H,7-10H2,1-2H3. The lowest BCUT2D eigenvalue weighted by Gasteiger charge is -2.08. The van der Waals surface area contributed by atoms with E-state index >= 15 is 0 Å². The fraction of sp³-hybridized carbons (Fsp3) is 0.286. The van der Waals surface area contributed by atoms with Gasteiger partial charge in [-0.05, 0) is 47.5 Å². The summed E-state index contributed by atoms with van der Waals surface area (Å²) in [6.07, 6.45) is 0. The molecule has 2 aromatic rings. The average Bonchev–Trinajstić information content (AvgIpc) is 2.94. The first kappa shape index (κ1) is 19.4. The summed E-state index contributed by atoms with van der Waals surface area (Å²) in [5, 5.41) is 0. The summed E-state index contributed by atoms with van der Waals surface area (Å²) in [5.41, 5.74) is 2.77. The number of esters is 2. The number of carbonyl (C=O) groups excluding carboxylic acids is 3. The molecule has 0 fully saturated rings. The molecule has 1 aliphatic rings. The normalized spacial score (nSPS) is 11.4. The van der Waals surface area contributed by atoms with Crippen LogP contribution < -0.4 is 9.47 Å². The van der Waals surface area contributed by atoms with E-state index in [2.05, 4.69) is 0 Å². The van der Waals surface area contributed by atoms with Crippen molar-refractivity contribution in [1.29, 1.82) is 0 Å². The lowest BCUT2D eigenvalue weighted by atomic mass is 10.1. The van der Waals surface area contributed by atoms with E-state index in [1.54, 1.807) is 24.3 Å². The number of benzene rings is 2. The Morgan fingerprint density at radius 1 is 0.679 bits per heavy atom. The zero-order valence-electron chi connectivity index (χ0n) is 15.7. The molecular weight excluding hydrogens is 364 g/mol. The summed E-state index contributed by atoms with van der Waals surface area (Å²) < 4.78 is 20.7. The van der Waals surface area contributed by atoms with Crippen LogP contribution in [-0.2, 0) is 19.1 Å². The average molecular weight is 384 g/mol. The van der Waals surface area contributed by atoms with Gasteiger partial charge in [-0.1, -0.05) is 0 Å². The molecule has 0 amide bonds. The molecule has 0 aromatic heterocycles. The van der Waals surface area contributed by atoms with Gasteiger partial charge in [-0.3, -0.25) is 14.4 Å². The lowest BCUT2D eigenvalue weighted by Crippen LogP contribution is -2.10. The minimum atomic E-state index is -0.367. The van der Waals surface area contributed by atoms with Crippen molar-refractivity contribution in [3.05, 3.63) is 47.5 Å². The van der Waals surface area contributed by atoms with Crippen LogP contribution in [0.2, 0.25) is 0 Å². The van der Waals surface area contributed by atoms with E-state index in [1.165, 1.54) is 13.8 Å². The smallest absolute Gasteiger partial charge is 0.302 e. The first-order valence-electron chi connectivity index (χ1n) is 8.81. The van der Waals surface area contributed by atoms with Gasteiger partial charge in [0, 0.05) is 25.0 Å². The number of ether oxygens (including phenoxy) is 4. The molecule has 0 saturated carbocycles. The van der Waals surface area contributed by atoms with Gasteiger partial charge in [-0.25, -0.2) is 0 Å². The minimum absolute atomic E-state index is 0.110. The quantitative estimate of drug-likeness (QED) is 0.436. The SMILES string of the molecule is CC(=O)OCCOc1ccc2c(c1)C(=O)c1cc(OCCOC(C)=O)ccc1-2. The molecule has 0 heterocycles. The maximum Gasteiger partial charge on any atom is 0.302 e. The lowest BCUT2D eigenvalue weighted by molar-refractivity contribution is -0.142. The summed E-state index contributed by atoms with van der Waals surface area (Å²) >= 11 is 0. The molecule has 0 spiro atoms. The highest BCUT2D eigenvalue weighted by Gasteiger charge is 2.27. The highest BCUT2D eigenvalue weighted by molar-refractivity contribution is 6.22. The maximum absolute atomic E-state index is 12.8. The highest BCUT2D eigenvalue weighted by atomic mass is 16.6. The van der Waals surface area contributed by atoms with E-state index in [0.29, 0.717) is 22.6 Å². The molecule has 146 valence electrons. The largest absolute Gasteiger partial charge is 0.490 e. The van der Waals surface area contributed by atoms with Crippen molar-refractivity contribution in [2.45, 2.75) is 13.8 Å². The molecule has 0 aliphatic heterocycles. The second kappa shape index (κ2) is 8.56. The van der Waals surface area contributed by atoms with Gasteiger partial charge in [0.25, 0.3) is 0 Å². The Balaban J connectivity index is 1.67. The van der Waals surface area contributed by atoms with Crippen LogP contribution in [0, 0.1) is 0 Å². The zero-order valence-corrected chi connectivity index (χ0v) is 15.7. The fourth-order valence-electron chi connectivity index (χ4n) is 2.91. The third kappa shape index (κ3) is 4.49. The van der Waals surface area contributed by atoms with Crippen LogP contribution in [0.15, 0.2) is 36.4 Å². The molecule has 3 rings (SSSR count). The van der Waals surface area contributed by atoms with Crippen molar-refractivity contribution < 1.29 is 33.3 Å². The van der Waals surface area contributed by atoms with Gasteiger partial charge in [-0.15, -0.1) is 0 Å². The van der Waals surface area contributed by atoms with Crippen LogP contribution in [-0.4, -0.2) is 44.1 Å². The first-order chi connectivity index (χ1) is 13.5. The molecule has 2 aromatic carbocycles. The summed E-state index contributed by atoms with van der Waals surface area (Å²) in [7, 11) is 0. The number of rotatable bonds is 8. The van der Waals surface area contributed by atoms with Crippen LogP contribution in [0.4, 0.5) is 0 Å². The van der Waals surface area contributed by atoms with E-state index in [-0.39, 0.29) is 44.1 Å². The number of fused-ring (bicyclic) bond motifs is 3. The van der Waals surface area contributed by atoms with E-state index in [9.17, 15) is 14.4 Å². The van der Waals surface area contributed by atoms with Crippen LogP contribution >= 0.6 is 0 Å². The van der Waals surface area contributed by atoms with Gasteiger partial charge in [-0.2, -0.15) is 0 Å². The molecular formula is C21H20O7. The molecule has 1 aliphatic carbocycles. The summed E-state index contributed by atoms with van der Waals surface area (Å²) in [5.74, 6) is 0.221. The molecule has 28 heavy (non-hydrogen) atoms. The topological polar surface area (TPSA) is 88.1 Å². The molecule has 0 unspecified atom stereocenters. The van der Waals surface area contributed by atoms with Crippen molar-refractivity contribution >= 4 is 17.7 Å². The van der Waals surface area contributed by atoms with Crippen LogP contribution in [0.1, 0.15) is 29.8 Å². The number of hydrogen-bond acceptors (Lipinski definition) is 7. The fourth-order valence-corrected chi connectivity index (χ4v) is 2.91. The van der Waals surface area contributed by atoms with E-state index in [0.717, 1.165) is 11.1 Å². The van der Waals surface area contributed by atoms with Gasteiger partial charge < -0.3 is 18.9 Å². The van der Waals surface area contributed by atoms with Gasteiger partial charge in [0.05, 0.1) is 0 Å². The van der Waals surface area contributed by atoms with Gasteiger partial charge >= 0.3 is 11.9 Å². The second-order valence-corrected chi connectivity index (χ2v) is 6.12. The molecule has 0 saturated heterocycles. The van der Waals surface area contributed by atoms with Crippen molar-refractivity contribution in [1.82, 2.24) is 0 Å². The Kier molecular flexibility index (Phi) is 5.93. The maximum atomic E-state index is 12.8. The summed E-state index contributed by atoms with van der Waals surface area (Å²) in [4.78, 5) is 34.3. The highest BCUT2D eigenvalue weighted by Crippen LogP contribution is 2.39. The van der Waals surface area contributed by atoms with E-state index in [4.69, 9.17) is 18.9 Å².